The van der Waals surface area contributed by atoms with E-state index in [2.05, 4.69) is 43.2 Å². The van der Waals surface area contributed by atoms with Crippen LogP contribution in [0.2, 0.25) is 0 Å². The molecule has 0 aromatic carbocycles. The van der Waals surface area contributed by atoms with Gasteiger partial charge in [-0.1, -0.05) is 20.8 Å². The van der Waals surface area contributed by atoms with E-state index >= 15 is 0 Å². The third-order valence-electron chi connectivity index (χ3n) is 4.32. The van der Waals surface area contributed by atoms with Crippen molar-refractivity contribution < 1.29 is 9.53 Å². The minimum atomic E-state index is -0.260. The molecule has 1 atom stereocenters. The molecule has 7 nitrogen and oxygen atoms in total. The molecular formula is C17H36IN5O2. The number of likely N-dealkylation sites (tertiary alicyclic amines) is 1. The summed E-state index contributed by atoms with van der Waals surface area (Å²) in [6.45, 7) is 12.1. The summed E-state index contributed by atoms with van der Waals surface area (Å²) in [4.78, 5) is 17.8. The number of methoxy groups -OCH3 is 1. The lowest BCUT2D eigenvalue weighted by atomic mass is 9.89. The van der Waals surface area contributed by atoms with Crippen LogP contribution >= 0.6 is 24.0 Å². The molecule has 8 heteroatoms. The van der Waals surface area contributed by atoms with Gasteiger partial charge < -0.3 is 21.1 Å². The van der Waals surface area contributed by atoms with Gasteiger partial charge in [0.25, 0.3) is 0 Å². The SMILES string of the molecule is CCNC(=NCC(OC)C(C)(C)C)NC1CCN(CC(N)=O)CC1.I. The van der Waals surface area contributed by atoms with Gasteiger partial charge in [-0.15, -0.1) is 24.0 Å². The Labute approximate surface area is 169 Å². The first kappa shape index (κ1) is 24.4. The molecule has 0 aromatic heterocycles. The third-order valence-corrected chi connectivity index (χ3v) is 4.32. The maximum absolute atomic E-state index is 11.0. The summed E-state index contributed by atoms with van der Waals surface area (Å²) in [6, 6.07) is 0.363. The summed E-state index contributed by atoms with van der Waals surface area (Å²) in [6.07, 6.45) is 2.03. The Balaban J connectivity index is 0.00000576. The molecule has 148 valence electrons. The number of nitrogens with zero attached hydrogens (tertiary/aromatic N) is 2. The number of piperidine rings is 1. The number of hydrogen-bond acceptors (Lipinski definition) is 4. The first-order chi connectivity index (χ1) is 11.3. The van der Waals surface area contributed by atoms with E-state index < -0.39 is 0 Å². The van der Waals surface area contributed by atoms with Gasteiger partial charge in [0.2, 0.25) is 5.91 Å². The van der Waals surface area contributed by atoms with Crippen LogP contribution in [0.4, 0.5) is 0 Å². The molecule has 1 aliphatic heterocycles. The number of amides is 1. The molecule has 0 radical (unpaired) electrons. The van der Waals surface area contributed by atoms with Crippen LogP contribution in [0.25, 0.3) is 0 Å². The Bertz CT molecular complexity index is 418. The van der Waals surface area contributed by atoms with Gasteiger partial charge in [0.1, 0.15) is 0 Å². The number of rotatable bonds is 7. The van der Waals surface area contributed by atoms with E-state index in [0.717, 1.165) is 38.4 Å². The standard InChI is InChI=1S/C17H35N5O2.HI/c1-6-19-16(20-11-14(24-5)17(2,3)4)21-13-7-9-22(10-8-13)12-15(18)23;/h13-14H,6-12H2,1-5H3,(H2,18,23)(H2,19,20,21);1H. The number of carbonyl (C=O) groups excluding carboxylic acids is 1. The summed E-state index contributed by atoms with van der Waals surface area (Å²) in [5, 5.41) is 6.80. The Morgan fingerprint density at radius 1 is 1.36 bits per heavy atom. The Hall–Kier alpha value is -0.610. The van der Waals surface area contributed by atoms with Gasteiger partial charge in [0.15, 0.2) is 5.96 Å². The monoisotopic (exact) mass is 469 g/mol. The molecule has 0 bridgehead atoms. The van der Waals surface area contributed by atoms with E-state index in [9.17, 15) is 4.79 Å². The van der Waals surface area contributed by atoms with Gasteiger partial charge in [0.05, 0.1) is 19.2 Å². The molecule has 1 fully saturated rings. The number of guanidine groups is 1. The molecule has 0 aliphatic carbocycles. The second kappa shape index (κ2) is 11.9. The number of nitrogens with one attached hydrogen (secondary N) is 2. The minimum Gasteiger partial charge on any atom is -0.379 e. The van der Waals surface area contributed by atoms with Crippen LogP contribution in [0.5, 0.6) is 0 Å². The van der Waals surface area contributed by atoms with Gasteiger partial charge in [-0.05, 0) is 25.2 Å². The van der Waals surface area contributed by atoms with Crippen molar-refractivity contribution in [2.45, 2.75) is 52.7 Å². The normalized spacial score (nSPS) is 18.4. The highest BCUT2D eigenvalue weighted by Crippen LogP contribution is 2.21. The van der Waals surface area contributed by atoms with Crippen molar-refractivity contribution in [1.82, 2.24) is 15.5 Å². The van der Waals surface area contributed by atoms with Crippen LogP contribution in [0.15, 0.2) is 4.99 Å². The van der Waals surface area contributed by atoms with Gasteiger partial charge in [-0.3, -0.25) is 14.7 Å². The smallest absolute Gasteiger partial charge is 0.231 e. The Morgan fingerprint density at radius 2 is 1.96 bits per heavy atom. The predicted octanol–water partition coefficient (Wildman–Crippen LogP) is 1.17. The number of ether oxygens (including phenoxy) is 1. The van der Waals surface area contributed by atoms with Crippen molar-refractivity contribution in [2.24, 2.45) is 16.1 Å². The van der Waals surface area contributed by atoms with Crippen molar-refractivity contribution >= 4 is 35.8 Å². The molecule has 1 unspecified atom stereocenters. The topological polar surface area (TPSA) is 92.0 Å². The summed E-state index contributed by atoms with van der Waals surface area (Å²) in [5.74, 6) is 0.571. The number of primary amides is 1. The van der Waals surface area contributed by atoms with Crippen molar-refractivity contribution in [3.63, 3.8) is 0 Å². The van der Waals surface area contributed by atoms with Gasteiger partial charge >= 0.3 is 0 Å². The summed E-state index contributed by atoms with van der Waals surface area (Å²) in [7, 11) is 1.74. The molecule has 1 saturated heterocycles. The van der Waals surface area contributed by atoms with E-state index in [4.69, 9.17) is 15.5 Å². The summed E-state index contributed by atoms with van der Waals surface area (Å²) >= 11 is 0. The molecule has 1 aliphatic rings. The predicted molar refractivity (Wildman–Crippen MR) is 113 cm³/mol. The fraction of sp³-hybridized carbons (Fsp3) is 0.882. The van der Waals surface area contributed by atoms with Crippen LogP contribution in [0, 0.1) is 5.41 Å². The lowest BCUT2D eigenvalue weighted by molar-refractivity contribution is -0.119. The first-order valence-electron chi connectivity index (χ1n) is 8.84. The van der Waals surface area contributed by atoms with Crippen LogP contribution in [-0.4, -0.2) is 68.7 Å². The fourth-order valence-electron chi connectivity index (χ4n) is 2.85. The highest BCUT2D eigenvalue weighted by molar-refractivity contribution is 14.0. The molecule has 1 amide bonds. The van der Waals surface area contributed by atoms with Crippen molar-refractivity contribution in [3.8, 4) is 0 Å². The largest absolute Gasteiger partial charge is 0.379 e. The maximum atomic E-state index is 11.0. The number of halogens is 1. The number of nitrogens with two attached hydrogens (primary N) is 1. The van der Waals surface area contributed by atoms with E-state index in [-0.39, 0.29) is 41.4 Å². The molecule has 0 aromatic rings. The van der Waals surface area contributed by atoms with Crippen molar-refractivity contribution in [3.05, 3.63) is 0 Å². The number of hydrogen-bond donors (Lipinski definition) is 3. The molecule has 25 heavy (non-hydrogen) atoms. The summed E-state index contributed by atoms with van der Waals surface area (Å²) < 4.78 is 5.57. The van der Waals surface area contributed by atoms with Gasteiger partial charge in [-0.25, -0.2) is 0 Å². The van der Waals surface area contributed by atoms with Gasteiger partial charge in [0, 0.05) is 32.8 Å². The lowest BCUT2D eigenvalue weighted by Crippen LogP contribution is -2.50. The van der Waals surface area contributed by atoms with Gasteiger partial charge in [-0.2, -0.15) is 0 Å². The highest BCUT2D eigenvalue weighted by Gasteiger charge is 2.25. The molecule has 4 N–H and O–H groups in total. The highest BCUT2D eigenvalue weighted by atomic mass is 127. The van der Waals surface area contributed by atoms with E-state index in [0.29, 0.717) is 19.1 Å². The molecule has 0 spiro atoms. The first-order valence-corrected chi connectivity index (χ1v) is 8.84. The second-order valence-corrected chi connectivity index (χ2v) is 7.47. The fourth-order valence-corrected chi connectivity index (χ4v) is 2.85. The van der Waals surface area contributed by atoms with Crippen LogP contribution in [0.3, 0.4) is 0 Å². The van der Waals surface area contributed by atoms with E-state index in [1.807, 2.05) is 0 Å². The number of carbonyl (C=O) groups is 1. The van der Waals surface area contributed by atoms with Crippen molar-refractivity contribution in [2.75, 3.05) is 39.8 Å². The maximum Gasteiger partial charge on any atom is 0.231 e. The average Bonchev–Trinajstić information content (AvgIpc) is 2.48. The average molecular weight is 469 g/mol. The van der Waals surface area contributed by atoms with Crippen LogP contribution in [0.1, 0.15) is 40.5 Å². The zero-order valence-electron chi connectivity index (χ0n) is 16.3. The molecule has 1 heterocycles. The summed E-state index contributed by atoms with van der Waals surface area (Å²) in [5.41, 5.74) is 5.31. The second-order valence-electron chi connectivity index (χ2n) is 7.47. The third kappa shape index (κ3) is 9.60. The van der Waals surface area contributed by atoms with Crippen molar-refractivity contribution in [1.29, 1.82) is 0 Å². The zero-order valence-corrected chi connectivity index (χ0v) is 18.6. The zero-order chi connectivity index (χ0) is 18.2. The van der Waals surface area contributed by atoms with Crippen LogP contribution in [-0.2, 0) is 9.53 Å². The lowest BCUT2D eigenvalue weighted by Gasteiger charge is -2.32. The molecule has 0 saturated carbocycles. The van der Waals surface area contributed by atoms with E-state index in [1.165, 1.54) is 0 Å². The molecular weight excluding hydrogens is 433 g/mol. The van der Waals surface area contributed by atoms with Crippen LogP contribution < -0.4 is 16.4 Å². The minimum absolute atomic E-state index is 0. The quantitative estimate of drug-likeness (QED) is 0.296. The molecule has 1 rings (SSSR count). The van der Waals surface area contributed by atoms with E-state index in [1.54, 1.807) is 7.11 Å². The Kier molecular flexibility index (Phi) is 11.6. The number of aliphatic imine (C=N–C) groups is 1. The Morgan fingerprint density at radius 3 is 2.40 bits per heavy atom.